The highest BCUT2D eigenvalue weighted by atomic mass is 32.1. The summed E-state index contributed by atoms with van der Waals surface area (Å²) in [6.07, 6.45) is 0.962. The van der Waals surface area contributed by atoms with Crippen LogP contribution in [0, 0.1) is 17.0 Å². The summed E-state index contributed by atoms with van der Waals surface area (Å²) in [6, 6.07) is 5.21. The van der Waals surface area contributed by atoms with Gasteiger partial charge in [-0.3, -0.25) is 10.1 Å². The van der Waals surface area contributed by atoms with Crippen LogP contribution in [0.15, 0.2) is 23.6 Å². The van der Waals surface area contributed by atoms with E-state index in [1.807, 2.05) is 12.3 Å². The van der Waals surface area contributed by atoms with Crippen LogP contribution < -0.4 is 5.32 Å². The van der Waals surface area contributed by atoms with E-state index in [0.717, 1.165) is 12.1 Å². The molecule has 0 saturated carbocycles. The predicted octanol–water partition coefficient (Wildman–Crippen LogP) is 3.53. The predicted molar refractivity (Wildman–Crippen MR) is 76.7 cm³/mol. The quantitative estimate of drug-likeness (QED) is 0.670. The van der Waals surface area contributed by atoms with Crippen LogP contribution in [-0.2, 0) is 13.0 Å². The molecule has 0 saturated heterocycles. The minimum atomic E-state index is -0.413. The summed E-state index contributed by atoms with van der Waals surface area (Å²) in [6.45, 7) is 4.48. The normalized spacial score (nSPS) is 10.4. The maximum Gasteiger partial charge on any atom is 0.311 e. The Bertz CT molecular complexity index is 595. The summed E-state index contributed by atoms with van der Waals surface area (Å²) in [7, 11) is 0. The summed E-state index contributed by atoms with van der Waals surface area (Å²) in [4.78, 5) is 15.9. The van der Waals surface area contributed by atoms with E-state index >= 15 is 0 Å². The van der Waals surface area contributed by atoms with Gasteiger partial charge in [0.05, 0.1) is 11.5 Å². The fourth-order valence-corrected chi connectivity index (χ4v) is 2.74. The lowest BCUT2D eigenvalue weighted by molar-refractivity contribution is -0.384. The van der Waals surface area contributed by atoms with Crippen molar-refractivity contribution in [3.63, 3.8) is 0 Å². The van der Waals surface area contributed by atoms with Crippen LogP contribution in [0.4, 0.5) is 11.5 Å². The summed E-state index contributed by atoms with van der Waals surface area (Å²) < 4.78 is 0. The molecule has 5 nitrogen and oxygen atoms in total. The van der Waals surface area contributed by atoms with E-state index in [9.17, 15) is 10.1 Å². The van der Waals surface area contributed by atoms with Gasteiger partial charge in [-0.05, 0) is 36.4 Å². The molecule has 6 heteroatoms. The first-order valence-corrected chi connectivity index (χ1v) is 6.91. The number of anilines is 1. The number of aromatic nitrogens is 1. The van der Waals surface area contributed by atoms with Gasteiger partial charge in [-0.2, -0.15) is 0 Å². The van der Waals surface area contributed by atoms with Crippen LogP contribution in [0.1, 0.15) is 23.1 Å². The Labute approximate surface area is 115 Å². The number of nitro groups is 1. The van der Waals surface area contributed by atoms with Crippen LogP contribution in [0.2, 0.25) is 0 Å². The fourth-order valence-electron chi connectivity index (χ4n) is 1.83. The molecule has 0 aromatic carbocycles. The average Bonchev–Trinajstić information content (AvgIpc) is 2.83. The van der Waals surface area contributed by atoms with Gasteiger partial charge >= 0.3 is 5.69 Å². The van der Waals surface area contributed by atoms with Gasteiger partial charge in [0.15, 0.2) is 0 Å². The highest BCUT2D eigenvalue weighted by Gasteiger charge is 2.15. The molecule has 0 aliphatic carbocycles. The smallest absolute Gasteiger partial charge is 0.311 e. The van der Waals surface area contributed by atoms with Gasteiger partial charge < -0.3 is 5.32 Å². The SMILES string of the molecule is CCc1ccsc1CNc1nc(C)ccc1[N+](=O)[O-]. The Morgan fingerprint density at radius 2 is 2.21 bits per heavy atom. The lowest BCUT2D eigenvalue weighted by atomic mass is 10.2. The van der Waals surface area contributed by atoms with E-state index in [4.69, 9.17) is 0 Å². The topological polar surface area (TPSA) is 68.1 Å². The average molecular weight is 277 g/mol. The summed E-state index contributed by atoms with van der Waals surface area (Å²) in [5.41, 5.74) is 2.04. The van der Waals surface area contributed by atoms with Crippen molar-refractivity contribution in [2.45, 2.75) is 26.8 Å². The molecule has 2 aromatic heterocycles. The van der Waals surface area contributed by atoms with E-state index in [1.165, 1.54) is 16.5 Å². The summed E-state index contributed by atoms with van der Waals surface area (Å²) in [5, 5.41) is 16.1. The number of rotatable bonds is 5. The number of aryl methyl sites for hydroxylation is 2. The van der Waals surface area contributed by atoms with E-state index in [2.05, 4.69) is 23.3 Å². The number of hydrogen-bond acceptors (Lipinski definition) is 5. The fraction of sp³-hybridized carbons (Fsp3) is 0.308. The van der Waals surface area contributed by atoms with Crippen LogP contribution in [0.25, 0.3) is 0 Å². The van der Waals surface area contributed by atoms with Crippen molar-refractivity contribution in [2.24, 2.45) is 0 Å². The molecule has 0 radical (unpaired) electrons. The van der Waals surface area contributed by atoms with Crippen molar-refractivity contribution < 1.29 is 4.92 Å². The van der Waals surface area contributed by atoms with Crippen molar-refractivity contribution in [1.29, 1.82) is 0 Å². The number of nitrogens with zero attached hydrogens (tertiary/aromatic N) is 2. The Hall–Kier alpha value is -1.95. The third-order valence-corrected chi connectivity index (χ3v) is 3.81. The Morgan fingerprint density at radius 3 is 2.89 bits per heavy atom. The first-order chi connectivity index (χ1) is 9.11. The van der Waals surface area contributed by atoms with Crippen molar-refractivity contribution in [3.05, 3.63) is 49.8 Å². The molecular weight excluding hydrogens is 262 g/mol. The number of hydrogen-bond donors (Lipinski definition) is 1. The molecule has 19 heavy (non-hydrogen) atoms. The van der Waals surface area contributed by atoms with Crippen LogP contribution in [0.3, 0.4) is 0 Å². The minimum Gasteiger partial charge on any atom is -0.359 e. The lowest BCUT2D eigenvalue weighted by Crippen LogP contribution is -2.05. The van der Waals surface area contributed by atoms with Gasteiger partial charge in [-0.1, -0.05) is 6.92 Å². The van der Waals surface area contributed by atoms with Crippen molar-refractivity contribution in [1.82, 2.24) is 4.98 Å². The molecule has 2 heterocycles. The largest absolute Gasteiger partial charge is 0.359 e. The zero-order valence-corrected chi connectivity index (χ0v) is 11.7. The zero-order chi connectivity index (χ0) is 13.8. The molecule has 2 aromatic rings. The van der Waals surface area contributed by atoms with E-state index in [-0.39, 0.29) is 5.69 Å². The molecule has 100 valence electrons. The maximum absolute atomic E-state index is 10.9. The highest BCUT2D eigenvalue weighted by molar-refractivity contribution is 7.10. The van der Waals surface area contributed by atoms with Gasteiger partial charge in [0, 0.05) is 16.6 Å². The minimum absolute atomic E-state index is 0.0141. The monoisotopic (exact) mass is 277 g/mol. The van der Waals surface area contributed by atoms with Crippen LogP contribution in [0.5, 0.6) is 0 Å². The van der Waals surface area contributed by atoms with E-state index in [0.29, 0.717) is 12.4 Å². The van der Waals surface area contributed by atoms with Crippen molar-refractivity contribution in [3.8, 4) is 0 Å². The molecule has 2 rings (SSSR count). The third kappa shape index (κ3) is 3.08. The standard InChI is InChI=1S/C13H15N3O2S/c1-3-10-6-7-19-12(10)8-14-13-11(16(17)18)5-4-9(2)15-13/h4-7H,3,8H2,1-2H3,(H,14,15). The van der Waals surface area contributed by atoms with Gasteiger partial charge in [-0.25, -0.2) is 4.98 Å². The lowest BCUT2D eigenvalue weighted by Gasteiger charge is -2.07. The molecule has 0 spiro atoms. The molecule has 0 unspecified atom stereocenters. The Kier molecular flexibility index (Phi) is 4.11. The second-order valence-corrected chi connectivity index (χ2v) is 5.15. The number of pyridine rings is 1. The molecule has 0 aliphatic heterocycles. The first-order valence-electron chi connectivity index (χ1n) is 6.03. The van der Waals surface area contributed by atoms with E-state index < -0.39 is 4.92 Å². The van der Waals surface area contributed by atoms with Crippen molar-refractivity contribution >= 4 is 22.8 Å². The van der Waals surface area contributed by atoms with Crippen molar-refractivity contribution in [2.75, 3.05) is 5.32 Å². The summed E-state index contributed by atoms with van der Waals surface area (Å²) >= 11 is 1.65. The number of thiophene rings is 1. The Morgan fingerprint density at radius 1 is 1.42 bits per heavy atom. The second kappa shape index (κ2) is 5.79. The first kappa shape index (κ1) is 13.5. The maximum atomic E-state index is 10.9. The van der Waals surface area contributed by atoms with Crippen LogP contribution in [-0.4, -0.2) is 9.91 Å². The van der Waals surface area contributed by atoms with Gasteiger partial charge in [0.2, 0.25) is 5.82 Å². The highest BCUT2D eigenvalue weighted by Crippen LogP contribution is 2.24. The molecular formula is C13H15N3O2S. The van der Waals surface area contributed by atoms with Gasteiger partial charge in [-0.15, -0.1) is 11.3 Å². The van der Waals surface area contributed by atoms with Gasteiger partial charge in [0.25, 0.3) is 0 Å². The molecule has 0 atom stereocenters. The Balaban J connectivity index is 2.19. The molecule has 0 fully saturated rings. The third-order valence-electron chi connectivity index (χ3n) is 2.84. The zero-order valence-electron chi connectivity index (χ0n) is 10.8. The van der Waals surface area contributed by atoms with Crippen LogP contribution >= 0.6 is 11.3 Å². The van der Waals surface area contributed by atoms with E-state index in [1.54, 1.807) is 17.4 Å². The molecule has 0 amide bonds. The summed E-state index contributed by atoms with van der Waals surface area (Å²) in [5.74, 6) is 0.334. The molecule has 0 aliphatic rings. The number of nitrogens with one attached hydrogen (secondary N) is 1. The molecule has 0 bridgehead atoms. The van der Waals surface area contributed by atoms with Gasteiger partial charge in [0.1, 0.15) is 0 Å². The second-order valence-electron chi connectivity index (χ2n) is 4.15. The molecule has 1 N–H and O–H groups in total.